The van der Waals surface area contributed by atoms with Crippen molar-refractivity contribution >= 4 is 32.9 Å². The van der Waals surface area contributed by atoms with Gasteiger partial charge in [0.1, 0.15) is 0 Å². The summed E-state index contributed by atoms with van der Waals surface area (Å²) >= 11 is -3.06. The maximum atomic E-state index is 11.9. The van der Waals surface area contributed by atoms with Crippen LogP contribution >= 0.6 is 0 Å². The lowest BCUT2D eigenvalue weighted by Gasteiger charge is -2.25. The molecule has 21 heavy (non-hydrogen) atoms. The van der Waals surface area contributed by atoms with Gasteiger partial charge in [-0.25, -0.2) is 13.2 Å². The number of sulfonamides is 1. The zero-order valence-corrected chi connectivity index (χ0v) is 12.9. The fourth-order valence-corrected chi connectivity index (χ4v) is 3.59. The van der Waals surface area contributed by atoms with E-state index >= 15 is 0 Å². The number of hydrogen-bond acceptors (Lipinski definition) is 6. The van der Waals surface area contributed by atoms with E-state index in [1.54, 1.807) is 6.92 Å². The van der Waals surface area contributed by atoms with Gasteiger partial charge in [0.25, 0.3) is 0 Å². The predicted molar refractivity (Wildman–Crippen MR) is 77.8 cm³/mol. The Morgan fingerprint density at radius 2 is 2.19 bits per heavy atom. The summed E-state index contributed by atoms with van der Waals surface area (Å²) in [5.74, 6) is -1.22. The maximum absolute atomic E-state index is 11.9. The van der Waals surface area contributed by atoms with Crippen molar-refractivity contribution in [2.75, 3.05) is 16.1 Å². The molecule has 1 unspecified atom stereocenters. The molecule has 0 aliphatic carbocycles. The molecule has 0 saturated heterocycles. The number of benzene rings is 1. The lowest BCUT2D eigenvalue weighted by atomic mass is 10.2. The van der Waals surface area contributed by atoms with Crippen LogP contribution in [0.15, 0.2) is 36.9 Å². The van der Waals surface area contributed by atoms with Crippen LogP contribution in [0.4, 0.5) is 5.69 Å². The third-order valence-corrected chi connectivity index (χ3v) is 5.19. The summed E-state index contributed by atoms with van der Waals surface area (Å²) < 4.78 is 51.3. The number of ether oxygens (including phenoxy) is 1. The third kappa shape index (κ3) is 4.38. The van der Waals surface area contributed by atoms with E-state index in [9.17, 15) is 22.0 Å². The van der Waals surface area contributed by atoms with E-state index in [0.29, 0.717) is 0 Å². The van der Waals surface area contributed by atoms with Crippen LogP contribution in [0.3, 0.4) is 0 Å². The Bertz CT molecular complexity index is 655. The molecule has 0 radical (unpaired) electrons. The Morgan fingerprint density at radius 1 is 1.52 bits per heavy atom. The first-order chi connectivity index (χ1) is 9.83. The van der Waals surface area contributed by atoms with Crippen LogP contribution in [-0.2, 0) is 26.0 Å². The van der Waals surface area contributed by atoms with Crippen molar-refractivity contribution in [3.8, 4) is 0 Å². The highest BCUT2D eigenvalue weighted by Gasteiger charge is 2.23. The molecule has 0 heterocycles. The summed E-state index contributed by atoms with van der Waals surface area (Å²) in [6.45, 7) is 5.04. The standard InChI is InChI=1S/C12H15NO6S2/c1-3-8-21(17,18)13(20(15)16)11-7-5-6-10(9-11)12(14)19-4-2/h3,5-7,9H,1,4,8H2,2H3,(H,15,16)/p-1. The summed E-state index contributed by atoms with van der Waals surface area (Å²) in [7, 11) is -4.13. The van der Waals surface area contributed by atoms with Gasteiger partial charge in [-0.05, 0) is 25.1 Å². The number of rotatable bonds is 7. The van der Waals surface area contributed by atoms with E-state index in [1.165, 1.54) is 18.2 Å². The Labute approximate surface area is 125 Å². The molecule has 116 valence electrons. The molecular weight excluding hydrogens is 318 g/mol. The second kappa shape index (κ2) is 7.34. The van der Waals surface area contributed by atoms with Gasteiger partial charge in [-0.2, -0.15) is 3.71 Å². The fourth-order valence-electron chi connectivity index (χ4n) is 1.52. The van der Waals surface area contributed by atoms with Crippen LogP contribution in [0.25, 0.3) is 0 Å². The molecule has 0 aliphatic rings. The summed E-state index contributed by atoms with van der Waals surface area (Å²) in [6.07, 6.45) is 1.07. The van der Waals surface area contributed by atoms with Crippen molar-refractivity contribution in [1.82, 2.24) is 0 Å². The van der Waals surface area contributed by atoms with Gasteiger partial charge in [-0.3, -0.25) is 4.21 Å². The molecule has 0 saturated carbocycles. The van der Waals surface area contributed by atoms with Gasteiger partial charge in [-0.15, -0.1) is 6.58 Å². The van der Waals surface area contributed by atoms with Crippen molar-refractivity contribution in [3.05, 3.63) is 42.5 Å². The van der Waals surface area contributed by atoms with Gasteiger partial charge in [0.15, 0.2) is 0 Å². The molecule has 0 aliphatic heterocycles. The monoisotopic (exact) mass is 332 g/mol. The van der Waals surface area contributed by atoms with Crippen molar-refractivity contribution in [2.24, 2.45) is 0 Å². The fraction of sp³-hybridized carbons (Fsp3) is 0.250. The van der Waals surface area contributed by atoms with E-state index in [-0.39, 0.29) is 21.6 Å². The first-order valence-electron chi connectivity index (χ1n) is 5.84. The molecule has 1 rings (SSSR count). The highest BCUT2D eigenvalue weighted by molar-refractivity contribution is 8.05. The Morgan fingerprint density at radius 3 is 2.71 bits per heavy atom. The minimum absolute atomic E-state index is 0.0543. The van der Waals surface area contributed by atoms with E-state index in [2.05, 4.69) is 6.58 Å². The molecule has 0 spiro atoms. The lowest BCUT2D eigenvalue weighted by Crippen LogP contribution is -2.34. The summed E-state index contributed by atoms with van der Waals surface area (Å²) in [5.41, 5.74) is -0.116. The number of nitrogens with zero attached hydrogens (tertiary/aromatic N) is 1. The Hall–Kier alpha value is -1.71. The lowest BCUT2D eigenvalue weighted by molar-refractivity contribution is 0.0526. The third-order valence-electron chi connectivity index (χ3n) is 2.28. The molecule has 0 fully saturated rings. The first-order valence-corrected chi connectivity index (χ1v) is 8.48. The van der Waals surface area contributed by atoms with E-state index in [1.807, 2.05) is 0 Å². The molecule has 9 heteroatoms. The number of carbonyl (C=O) groups is 1. The van der Waals surface area contributed by atoms with E-state index < -0.39 is 33.0 Å². The molecule has 1 atom stereocenters. The zero-order valence-electron chi connectivity index (χ0n) is 11.2. The van der Waals surface area contributed by atoms with E-state index in [4.69, 9.17) is 4.74 Å². The molecule has 7 nitrogen and oxygen atoms in total. The minimum atomic E-state index is -4.13. The second-order valence-corrected chi connectivity index (χ2v) is 6.68. The normalized spacial score (nSPS) is 12.5. The number of esters is 1. The maximum Gasteiger partial charge on any atom is 0.338 e. The zero-order chi connectivity index (χ0) is 16.0. The average molecular weight is 332 g/mol. The van der Waals surface area contributed by atoms with Gasteiger partial charge in [0.05, 0.1) is 34.9 Å². The van der Waals surface area contributed by atoms with Gasteiger partial charge in [0, 0.05) is 0 Å². The molecular formula is C12H14NO6S2-. The SMILES string of the molecule is C=CCS(=O)(=O)N(c1cccc(C(=O)OCC)c1)S(=O)[O-]. The smallest absolute Gasteiger partial charge is 0.338 e. The van der Waals surface area contributed by atoms with Gasteiger partial charge in [-0.1, -0.05) is 12.1 Å². The molecule has 0 bridgehead atoms. The summed E-state index contributed by atoms with van der Waals surface area (Å²) in [6, 6.07) is 5.16. The predicted octanol–water partition coefficient (Wildman–Crippen LogP) is 0.980. The molecule has 0 amide bonds. The topological polar surface area (TPSA) is 104 Å². The van der Waals surface area contributed by atoms with Gasteiger partial charge in [0.2, 0.25) is 10.0 Å². The first kappa shape index (κ1) is 17.3. The quantitative estimate of drug-likeness (QED) is 0.419. The summed E-state index contributed by atoms with van der Waals surface area (Å²) in [4.78, 5) is 11.6. The van der Waals surface area contributed by atoms with Crippen molar-refractivity contribution in [1.29, 1.82) is 0 Å². The number of carbonyl (C=O) groups excluding carboxylic acids is 1. The van der Waals surface area contributed by atoms with Crippen LogP contribution in [0.2, 0.25) is 0 Å². The average Bonchev–Trinajstić information content (AvgIpc) is 2.38. The van der Waals surface area contributed by atoms with Crippen molar-refractivity contribution in [2.45, 2.75) is 6.92 Å². The van der Waals surface area contributed by atoms with E-state index in [0.717, 1.165) is 12.1 Å². The van der Waals surface area contributed by atoms with Gasteiger partial charge >= 0.3 is 5.97 Å². The van der Waals surface area contributed by atoms with Crippen molar-refractivity contribution in [3.63, 3.8) is 0 Å². The number of anilines is 1. The Balaban J connectivity index is 3.28. The molecule has 0 N–H and O–H groups in total. The van der Waals surface area contributed by atoms with Crippen LogP contribution < -0.4 is 3.71 Å². The van der Waals surface area contributed by atoms with Crippen molar-refractivity contribution < 1.29 is 26.7 Å². The molecule has 1 aromatic rings. The molecule has 0 aromatic heterocycles. The van der Waals surface area contributed by atoms with Gasteiger partial charge < -0.3 is 9.29 Å². The minimum Gasteiger partial charge on any atom is -0.754 e. The number of hydrogen-bond donors (Lipinski definition) is 0. The van der Waals surface area contributed by atoms with Crippen LogP contribution in [-0.4, -0.2) is 35.5 Å². The molecule has 1 aromatic carbocycles. The van der Waals surface area contributed by atoms with Crippen LogP contribution in [0, 0.1) is 0 Å². The van der Waals surface area contributed by atoms with Crippen LogP contribution in [0.1, 0.15) is 17.3 Å². The summed E-state index contributed by atoms with van der Waals surface area (Å²) in [5, 5.41) is 0. The largest absolute Gasteiger partial charge is 0.754 e. The second-order valence-electron chi connectivity index (χ2n) is 3.78. The Kier molecular flexibility index (Phi) is 6.06. The van der Waals surface area contributed by atoms with Crippen LogP contribution in [0.5, 0.6) is 0 Å². The highest BCUT2D eigenvalue weighted by Crippen LogP contribution is 2.22. The highest BCUT2D eigenvalue weighted by atomic mass is 32.3.